The second-order valence-corrected chi connectivity index (χ2v) is 5.91. The predicted octanol–water partition coefficient (Wildman–Crippen LogP) is 6.04. The molecule has 0 aliphatic carbocycles. The van der Waals surface area contributed by atoms with E-state index in [9.17, 15) is 0 Å². The lowest BCUT2D eigenvalue weighted by molar-refractivity contribution is 1.63. The maximum Gasteiger partial charge on any atom is 0.0355 e. The first-order chi connectivity index (χ1) is 10.4. The van der Waals surface area contributed by atoms with Crippen LogP contribution in [0.25, 0.3) is 32.3 Å². The fourth-order valence-corrected chi connectivity index (χ4v) is 3.49. The number of hydrogen-bond donors (Lipinski definition) is 0. The molecule has 0 saturated heterocycles. The van der Waals surface area contributed by atoms with Crippen LogP contribution < -0.4 is 0 Å². The van der Waals surface area contributed by atoms with Gasteiger partial charge in [0.1, 0.15) is 0 Å². The van der Waals surface area contributed by atoms with E-state index in [0.717, 1.165) is 0 Å². The summed E-state index contributed by atoms with van der Waals surface area (Å²) in [6.07, 6.45) is 0. The van der Waals surface area contributed by atoms with Crippen LogP contribution in [0.4, 0.5) is 0 Å². The van der Waals surface area contributed by atoms with Crippen LogP contribution in [-0.4, -0.2) is 0 Å². The highest BCUT2D eigenvalue weighted by Gasteiger charge is 2.10. The molecule has 4 aromatic rings. The van der Waals surface area contributed by atoms with E-state index in [-0.39, 0.29) is 0 Å². The van der Waals surface area contributed by atoms with E-state index < -0.39 is 0 Å². The summed E-state index contributed by atoms with van der Waals surface area (Å²) >= 11 is 1.76. The molecule has 0 atom stereocenters. The molecule has 1 heteroatoms. The second kappa shape index (κ2) is 5.19. The lowest BCUT2D eigenvalue weighted by Crippen LogP contribution is -1.85. The minimum absolute atomic E-state index is 1.18. The van der Waals surface area contributed by atoms with Crippen LogP contribution >= 0.6 is 11.3 Å². The van der Waals surface area contributed by atoms with Crippen molar-refractivity contribution < 1.29 is 0 Å². The molecule has 0 nitrogen and oxygen atoms in total. The molecule has 4 rings (SSSR count). The van der Waals surface area contributed by atoms with Crippen LogP contribution in [0.2, 0.25) is 0 Å². The maximum atomic E-state index is 3.41. The second-order valence-electron chi connectivity index (χ2n) is 4.96. The molecule has 0 aliphatic rings. The van der Waals surface area contributed by atoms with Crippen LogP contribution in [0.5, 0.6) is 0 Å². The van der Waals surface area contributed by atoms with E-state index in [2.05, 4.69) is 78.2 Å². The highest BCUT2D eigenvalue weighted by Crippen LogP contribution is 2.37. The van der Waals surface area contributed by atoms with Crippen LogP contribution in [0.15, 0.2) is 78.2 Å². The van der Waals surface area contributed by atoms with Gasteiger partial charge in [-0.3, -0.25) is 0 Å². The highest BCUT2D eigenvalue weighted by molar-refractivity contribution is 7.13. The van der Waals surface area contributed by atoms with E-state index in [1.165, 1.54) is 32.3 Å². The summed E-state index contributed by atoms with van der Waals surface area (Å²) in [4.78, 5) is 1.26. The minimum Gasteiger partial charge on any atom is -0.144 e. The van der Waals surface area contributed by atoms with Gasteiger partial charge in [0.25, 0.3) is 0 Å². The first-order valence-corrected chi connectivity index (χ1v) is 7.84. The third kappa shape index (κ3) is 2.16. The number of hydrogen-bond acceptors (Lipinski definition) is 1. The van der Waals surface area contributed by atoms with Gasteiger partial charge in [-0.2, -0.15) is 0 Å². The third-order valence-corrected chi connectivity index (χ3v) is 4.59. The smallest absolute Gasteiger partial charge is 0.0355 e. The van der Waals surface area contributed by atoms with Gasteiger partial charge in [0.05, 0.1) is 0 Å². The van der Waals surface area contributed by atoms with Gasteiger partial charge in [0.2, 0.25) is 0 Å². The van der Waals surface area contributed by atoms with E-state index in [0.29, 0.717) is 0 Å². The molecule has 1 aromatic heterocycles. The average molecular weight is 285 g/mol. The number of rotatable bonds is 2. The fraction of sp³-hybridized carbons (Fsp3) is 0. The van der Waals surface area contributed by atoms with Crippen LogP contribution in [0, 0.1) is 6.07 Å². The van der Waals surface area contributed by atoms with E-state index in [1.807, 2.05) is 6.07 Å². The summed E-state index contributed by atoms with van der Waals surface area (Å²) in [5.74, 6) is 0. The zero-order valence-electron chi connectivity index (χ0n) is 11.4. The lowest BCUT2D eigenvalue weighted by atomic mass is 9.94. The van der Waals surface area contributed by atoms with Crippen molar-refractivity contribution in [3.63, 3.8) is 0 Å². The molecule has 0 fully saturated rings. The van der Waals surface area contributed by atoms with Crippen LogP contribution in [-0.2, 0) is 0 Å². The molecule has 3 aromatic carbocycles. The molecule has 99 valence electrons. The van der Waals surface area contributed by atoms with Gasteiger partial charge in [0, 0.05) is 10.4 Å². The lowest BCUT2D eigenvalue weighted by Gasteiger charge is -2.11. The van der Waals surface area contributed by atoms with Crippen LogP contribution in [0.1, 0.15) is 0 Å². The summed E-state index contributed by atoms with van der Waals surface area (Å²) in [5.41, 5.74) is 3.70. The van der Waals surface area contributed by atoms with E-state index in [1.54, 1.807) is 11.3 Å². The molecule has 21 heavy (non-hydrogen) atoms. The van der Waals surface area contributed by atoms with Gasteiger partial charge in [-0.05, 0) is 39.4 Å². The standard InChI is InChI=1S/C20H13S/c1-2-9-16-15(7-1)8-5-12-17(16)18-10-3-4-11-19(18)20-13-6-14-21-20/h1-10,12-14H. The molecular weight excluding hydrogens is 272 g/mol. The van der Waals surface area contributed by atoms with Crippen molar-refractivity contribution in [1.82, 2.24) is 0 Å². The number of fused-ring (bicyclic) bond motifs is 1. The van der Waals surface area contributed by atoms with E-state index >= 15 is 0 Å². The Kier molecular flexibility index (Phi) is 3.06. The van der Waals surface area contributed by atoms with Crippen molar-refractivity contribution in [3.8, 4) is 21.6 Å². The van der Waals surface area contributed by atoms with Crippen molar-refractivity contribution in [2.75, 3.05) is 0 Å². The number of benzene rings is 3. The molecule has 0 bridgehead atoms. The Labute approximate surface area is 128 Å². The van der Waals surface area contributed by atoms with E-state index in [4.69, 9.17) is 0 Å². The Morgan fingerprint density at radius 1 is 0.714 bits per heavy atom. The normalized spacial score (nSPS) is 10.9. The van der Waals surface area contributed by atoms with Crippen molar-refractivity contribution in [2.45, 2.75) is 0 Å². The Bertz CT molecular complexity index is 883. The van der Waals surface area contributed by atoms with Crippen molar-refractivity contribution >= 4 is 22.1 Å². The summed E-state index contributed by atoms with van der Waals surface area (Å²) in [7, 11) is 0. The van der Waals surface area contributed by atoms with Crippen LogP contribution in [0.3, 0.4) is 0 Å². The molecule has 0 unspecified atom stereocenters. The SMILES string of the molecule is [c]1cccc(-c2cccc3ccccc23)c1-c1cccs1. The number of thiophene rings is 1. The van der Waals surface area contributed by atoms with Crippen molar-refractivity contribution in [2.24, 2.45) is 0 Å². The Balaban J connectivity index is 2.02. The summed E-state index contributed by atoms with van der Waals surface area (Å²) in [5, 5.41) is 4.68. The molecular formula is C20H13S. The maximum absolute atomic E-state index is 3.41. The summed E-state index contributed by atoms with van der Waals surface area (Å²) in [6.45, 7) is 0. The molecule has 1 heterocycles. The quantitative estimate of drug-likeness (QED) is 0.421. The van der Waals surface area contributed by atoms with Gasteiger partial charge >= 0.3 is 0 Å². The third-order valence-electron chi connectivity index (χ3n) is 3.70. The molecule has 1 radical (unpaired) electrons. The topological polar surface area (TPSA) is 0 Å². The zero-order valence-corrected chi connectivity index (χ0v) is 12.2. The monoisotopic (exact) mass is 285 g/mol. The fourth-order valence-electron chi connectivity index (χ4n) is 2.75. The molecule has 0 aliphatic heterocycles. The molecule has 0 spiro atoms. The highest BCUT2D eigenvalue weighted by atomic mass is 32.1. The van der Waals surface area contributed by atoms with Crippen molar-refractivity contribution in [3.05, 3.63) is 84.2 Å². The molecule has 0 amide bonds. The van der Waals surface area contributed by atoms with Gasteiger partial charge < -0.3 is 0 Å². The first-order valence-electron chi connectivity index (χ1n) is 6.96. The van der Waals surface area contributed by atoms with Crippen molar-refractivity contribution in [1.29, 1.82) is 0 Å². The van der Waals surface area contributed by atoms with Gasteiger partial charge in [-0.15, -0.1) is 11.3 Å². The minimum atomic E-state index is 1.18. The Hall–Kier alpha value is -2.38. The van der Waals surface area contributed by atoms with Gasteiger partial charge in [-0.1, -0.05) is 66.7 Å². The first kappa shape index (κ1) is 12.4. The predicted molar refractivity (Wildman–Crippen MR) is 91.5 cm³/mol. The molecule has 0 N–H and O–H groups in total. The molecule has 0 saturated carbocycles. The zero-order chi connectivity index (χ0) is 14.1. The summed E-state index contributed by atoms with van der Waals surface area (Å²) in [6, 6.07) is 28.9. The van der Waals surface area contributed by atoms with Gasteiger partial charge in [0.15, 0.2) is 0 Å². The Morgan fingerprint density at radius 2 is 1.57 bits per heavy atom. The Morgan fingerprint density at radius 3 is 2.48 bits per heavy atom. The summed E-state index contributed by atoms with van der Waals surface area (Å²) < 4.78 is 0. The average Bonchev–Trinajstić information content (AvgIpc) is 3.09. The van der Waals surface area contributed by atoms with Gasteiger partial charge in [-0.25, -0.2) is 0 Å². The largest absolute Gasteiger partial charge is 0.144 e.